The van der Waals surface area contributed by atoms with Gasteiger partial charge in [-0.2, -0.15) is 0 Å². The van der Waals surface area contributed by atoms with Crippen LogP contribution in [0, 0.1) is 5.92 Å². The molecule has 3 nitrogen and oxygen atoms in total. The summed E-state index contributed by atoms with van der Waals surface area (Å²) in [4.78, 5) is 0. The monoisotopic (exact) mass is 273 g/mol. The van der Waals surface area contributed by atoms with Crippen molar-refractivity contribution in [2.45, 2.75) is 44.6 Å². The molecule has 4 heteroatoms. The van der Waals surface area contributed by atoms with E-state index in [9.17, 15) is 5.11 Å². The van der Waals surface area contributed by atoms with Gasteiger partial charge in [0, 0.05) is 0 Å². The van der Waals surface area contributed by atoms with E-state index in [2.05, 4.69) is 0 Å². The van der Waals surface area contributed by atoms with Crippen LogP contribution in [-0.4, -0.2) is 26.1 Å². The van der Waals surface area contributed by atoms with Crippen molar-refractivity contribution in [2.24, 2.45) is 11.7 Å². The highest BCUT2D eigenvalue weighted by atomic mass is 16.5. The third-order valence-electron chi connectivity index (χ3n) is 4.07. The average Bonchev–Trinajstić information content (AvgIpc) is 2.47. The summed E-state index contributed by atoms with van der Waals surface area (Å²) in [7, 11) is 5.90. The first-order chi connectivity index (χ1) is 9.70. The number of rotatable bonds is 6. The molecule has 1 fully saturated rings. The molecule has 3 N–H and O–H groups in total. The lowest BCUT2D eigenvalue weighted by Crippen LogP contribution is -2.18. The minimum Gasteiger partial charge on any atom is -0.493 e. The molecule has 1 atom stereocenters. The molecular weight excluding hydrogens is 249 g/mol. The molecule has 0 aromatic heterocycles. The van der Waals surface area contributed by atoms with Crippen molar-refractivity contribution in [3.05, 3.63) is 23.8 Å². The van der Waals surface area contributed by atoms with Crippen molar-refractivity contribution >= 4 is 13.3 Å². The maximum atomic E-state index is 10.0. The Bertz CT molecular complexity index is 419. The van der Waals surface area contributed by atoms with Gasteiger partial charge in [-0.15, -0.1) is 0 Å². The number of ether oxygens (including phenoxy) is 1. The maximum Gasteiger partial charge on any atom is 0.119 e. The van der Waals surface area contributed by atoms with Gasteiger partial charge in [0.25, 0.3) is 0 Å². The van der Waals surface area contributed by atoms with Crippen LogP contribution >= 0.6 is 0 Å². The zero-order chi connectivity index (χ0) is 14.4. The van der Waals surface area contributed by atoms with Crippen LogP contribution in [0.1, 0.15) is 50.2 Å². The predicted octanol–water partition coefficient (Wildman–Crippen LogP) is 1.82. The van der Waals surface area contributed by atoms with Crippen molar-refractivity contribution in [1.29, 1.82) is 0 Å². The van der Waals surface area contributed by atoms with Gasteiger partial charge in [0.1, 0.15) is 13.6 Å². The molecule has 0 amide bonds. The van der Waals surface area contributed by atoms with Crippen LogP contribution in [-0.2, 0) is 0 Å². The van der Waals surface area contributed by atoms with E-state index >= 15 is 0 Å². The smallest absolute Gasteiger partial charge is 0.119 e. The van der Waals surface area contributed by atoms with E-state index in [-0.39, 0.29) is 0 Å². The molecule has 0 spiro atoms. The fraction of sp³-hybridized carbons (Fsp3) is 0.625. The molecule has 2 rings (SSSR count). The minimum absolute atomic E-state index is 0.438. The number of hydrogen-bond donors (Lipinski definition) is 2. The van der Waals surface area contributed by atoms with Crippen LogP contribution in [0.15, 0.2) is 18.2 Å². The van der Waals surface area contributed by atoms with Crippen LogP contribution in [0.25, 0.3) is 0 Å². The molecule has 20 heavy (non-hydrogen) atoms. The Balaban J connectivity index is 1.95. The van der Waals surface area contributed by atoms with Crippen molar-refractivity contribution in [3.63, 3.8) is 0 Å². The molecule has 0 saturated heterocycles. The largest absolute Gasteiger partial charge is 0.493 e. The number of aliphatic hydroxyl groups excluding tert-OH is 1. The minimum atomic E-state index is -0.613. The van der Waals surface area contributed by atoms with Crippen LogP contribution in [0.2, 0.25) is 0 Å². The van der Waals surface area contributed by atoms with Gasteiger partial charge >= 0.3 is 0 Å². The van der Waals surface area contributed by atoms with E-state index in [0.29, 0.717) is 24.3 Å². The molecule has 108 valence electrons. The Morgan fingerprint density at radius 1 is 1.30 bits per heavy atom. The fourth-order valence-electron chi connectivity index (χ4n) is 2.81. The molecule has 1 aliphatic rings. The molecule has 1 aromatic rings. The van der Waals surface area contributed by atoms with Crippen LogP contribution in [0.5, 0.6) is 5.75 Å². The quantitative estimate of drug-likeness (QED) is 0.777. The second kappa shape index (κ2) is 7.70. The predicted molar refractivity (Wildman–Crippen MR) is 82.5 cm³/mol. The summed E-state index contributed by atoms with van der Waals surface area (Å²) in [5, 5.41) is 10.0. The number of aliphatic hydroxyl groups is 1. The summed E-state index contributed by atoms with van der Waals surface area (Å²) >= 11 is 0. The van der Waals surface area contributed by atoms with Gasteiger partial charge < -0.3 is 15.6 Å². The highest BCUT2D eigenvalue weighted by Crippen LogP contribution is 2.25. The van der Waals surface area contributed by atoms with Crippen LogP contribution < -0.4 is 15.9 Å². The second-order valence-corrected chi connectivity index (χ2v) is 5.70. The van der Waals surface area contributed by atoms with Crippen LogP contribution in [0.4, 0.5) is 0 Å². The van der Waals surface area contributed by atoms with Gasteiger partial charge in [0.2, 0.25) is 0 Å². The topological polar surface area (TPSA) is 55.5 Å². The molecule has 1 unspecified atom stereocenters. The molecule has 1 aromatic carbocycles. The first-order valence-corrected chi connectivity index (χ1v) is 7.61. The lowest BCUT2D eigenvalue weighted by atomic mass is 9.87. The Morgan fingerprint density at radius 2 is 2.05 bits per heavy atom. The highest BCUT2D eigenvalue weighted by Gasteiger charge is 2.15. The molecule has 1 aliphatic carbocycles. The van der Waals surface area contributed by atoms with Crippen molar-refractivity contribution in [1.82, 2.24) is 0 Å². The second-order valence-electron chi connectivity index (χ2n) is 5.70. The van der Waals surface area contributed by atoms with Gasteiger partial charge in [-0.05, 0) is 49.4 Å². The third kappa shape index (κ3) is 4.25. The average molecular weight is 273 g/mol. The Morgan fingerprint density at radius 3 is 2.75 bits per heavy atom. The highest BCUT2D eigenvalue weighted by molar-refractivity contribution is 6.33. The summed E-state index contributed by atoms with van der Waals surface area (Å²) in [6.45, 7) is 1.20. The van der Waals surface area contributed by atoms with E-state index in [1.54, 1.807) is 6.07 Å². The Hall–Kier alpha value is -0.995. The van der Waals surface area contributed by atoms with E-state index in [4.69, 9.17) is 18.3 Å². The number of hydrogen-bond acceptors (Lipinski definition) is 3. The summed E-state index contributed by atoms with van der Waals surface area (Å²) in [6, 6.07) is 5.51. The van der Waals surface area contributed by atoms with E-state index in [0.717, 1.165) is 17.9 Å². The number of nitrogens with two attached hydrogens (primary N) is 1. The molecule has 0 aliphatic heterocycles. The van der Waals surface area contributed by atoms with Crippen molar-refractivity contribution in [2.75, 3.05) is 13.2 Å². The molecule has 0 bridgehead atoms. The van der Waals surface area contributed by atoms with E-state index in [1.165, 1.54) is 32.1 Å². The first kappa shape index (κ1) is 15.4. The summed E-state index contributed by atoms with van der Waals surface area (Å²) in [5.74, 6) is 1.45. The van der Waals surface area contributed by atoms with Gasteiger partial charge in [0.15, 0.2) is 0 Å². The normalized spacial score (nSPS) is 17.9. The van der Waals surface area contributed by atoms with E-state index in [1.807, 2.05) is 12.1 Å². The molecule has 2 radical (unpaired) electrons. The van der Waals surface area contributed by atoms with Gasteiger partial charge in [0.05, 0.1) is 12.7 Å². The van der Waals surface area contributed by atoms with Gasteiger partial charge in [-0.25, -0.2) is 0 Å². The Labute approximate surface area is 122 Å². The van der Waals surface area contributed by atoms with Crippen molar-refractivity contribution in [3.8, 4) is 5.75 Å². The molecule has 0 heterocycles. The third-order valence-corrected chi connectivity index (χ3v) is 4.07. The Kier molecular flexibility index (Phi) is 5.93. The van der Waals surface area contributed by atoms with E-state index < -0.39 is 6.10 Å². The number of benzene rings is 1. The van der Waals surface area contributed by atoms with Crippen molar-refractivity contribution < 1.29 is 9.84 Å². The lowest BCUT2D eigenvalue weighted by Gasteiger charge is -2.22. The summed E-state index contributed by atoms with van der Waals surface area (Å²) in [5.41, 5.74) is 6.79. The summed E-state index contributed by atoms with van der Waals surface area (Å²) in [6.07, 6.45) is 6.41. The first-order valence-electron chi connectivity index (χ1n) is 7.61. The van der Waals surface area contributed by atoms with Gasteiger partial charge in [-0.1, -0.05) is 30.8 Å². The summed E-state index contributed by atoms with van der Waals surface area (Å²) < 4.78 is 5.87. The van der Waals surface area contributed by atoms with Crippen LogP contribution in [0.3, 0.4) is 0 Å². The lowest BCUT2D eigenvalue weighted by molar-refractivity contribution is 0.170. The fourth-order valence-corrected chi connectivity index (χ4v) is 2.81. The zero-order valence-corrected chi connectivity index (χ0v) is 12.1. The van der Waals surface area contributed by atoms with Gasteiger partial charge in [-0.3, -0.25) is 0 Å². The molecular formula is C16H24BNO2. The molecule has 1 saturated carbocycles. The SMILES string of the molecule is [B]c1ccc(OCC2CCCCC2)cc1C(O)CCN. The zero-order valence-electron chi connectivity index (χ0n) is 12.1. The maximum absolute atomic E-state index is 10.0. The standard InChI is InChI=1S/C16H24BNO2/c17-15-7-6-13(10-14(15)16(19)8-9-18)20-11-12-4-2-1-3-5-12/h6-7,10,12,16,19H,1-5,8-9,11,18H2.